The topological polar surface area (TPSA) is 80.1 Å². The van der Waals surface area contributed by atoms with Crippen LogP contribution in [0.1, 0.15) is 19.7 Å². The van der Waals surface area contributed by atoms with Crippen LogP contribution in [-0.2, 0) is 17.9 Å². The first-order valence-electron chi connectivity index (χ1n) is 6.69. The van der Waals surface area contributed by atoms with Gasteiger partial charge in [-0.05, 0) is 38.1 Å². The second-order valence-corrected chi connectivity index (χ2v) is 6.21. The lowest BCUT2D eigenvalue weighted by Crippen LogP contribution is -2.31. The Kier molecular flexibility index (Phi) is 5.68. The van der Waals surface area contributed by atoms with E-state index in [1.54, 1.807) is 31.2 Å². The molecule has 2 rings (SSSR count). The quantitative estimate of drug-likeness (QED) is 0.714. The average molecular weight is 341 g/mol. The zero-order chi connectivity index (χ0) is 16.1. The molecule has 0 N–H and O–H groups in total. The van der Waals surface area contributed by atoms with Crippen molar-refractivity contribution in [1.82, 2.24) is 14.8 Å². The van der Waals surface area contributed by atoms with Crippen molar-refractivity contribution in [2.45, 2.75) is 37.4 Å². The number of carbonyl (C=O) groups excluding carboxylic acids is 1. The van der Waals surface area contributed by atoms with Gasteiger partial charge in [0.1, 0.15) is 12.4 Å². The Morgan fingerprint density at radius 2 is 2.09 bits per heavy atom. The molecule has 6 nitrogen and oxygen atoms in total. The van der Waals surface area contributed by atoms with E-state index in [0.717, 1.165) is 11.8 Å². The summed E-state index contributed by atoms with van der Waals surface area (Å²) in [5.41, 5.74) is 0. The van der Waals surface area contributed by atoms with Gasteiger partial charge in [0.25, 0.3) is 0 Å². The van der Waals surface area contributed by atoms with Crippen LogP contribution in [0.3, 0.4) is 0 Å². The highest BCUT2D eigenvalue weighted by molar-refractivity contribution is 8.00. The van der Waals surface area contributed by atoms with Gasteiger partial charge in [-0.15, -0.1) is 10.2 Å². The van der Waals surface area contributed by atoms with Crippen LogP contribution >= 0.6 is 23.4 Å². The molecule has 2 aromatic rings. The second kappa shape index (κ2) is 7.51. The molecule has 1 heterocycles. The highest BCUT2D eigenvalue weighted by atomic mass is 35.5. The fourth-order valence-corrected chi connectivity index (χ4v) is 2.70. The Morgan fingerprint density at radius 3 is 2.68 bits per heavy atom. The van der Waals surface area contributed by atoms with Gasteiger partial charge in [-0.3, -0.25) is 0 Å². The number of halogens is 1. The summed E-state index contributed by atoms with van der Waals surface area (Å²) in [5.74, 6) is 0.174. The van der Waals surface area contributed by atoms with Gasteiger partial charge in [0.05, 0.1) is 5.97 Å². The van der Waals surface area contributed by atoms with Crippen molar-refractivity contribution in [3.8, 4) is 5.75 Å². The summed E-state index contributed by atoms with van der Waals surface area (Å²) >= 11 is 6.92. The molecular formula is C14H15ClN3O3S-. The number of benzene rings is 1. The van der Waals surface area contributed by atoms with Gasteiger partial charge in [0, 0.05) is 16.8 Å². The van der Waals surface area contributed by atoms with Gasteiger partial charge in [-0.25, -0.2) is 0 Å². The Bertz CT molecular complexity index is 645. The summed E-state index contributed by atoms with van der Waals surface area (Å²) in [6, 6.07) is 7.01. The van der Waals surface area contributed by atoms with Crippen LogP contribution in [0, 0.1) is 0 Å². The molecule has 0 aliphatic rings. The van der Waals surface area contributed by atoms with E-state index in [0.29, 0.717) is 28.3 Å². The van der Waals surface area contributed by atoms with Crippen molar-refractivity contribution in [2.75, 3.05) is 0 Å². The number of nitrogens with zero attached hydrogens (tertiary/aromatic N) is 3. The Labute approximate surface area is 137 Å². The van der Waals surface area contributed by atoms with Crippen LogP contribution in [0.2, 0.25) is 5.02 Å². The number of aromatic nitrogens is 3. The summed E-state index contributed by atoms with van der Waals surface area (Å²) in [6.07, 6.45) is 0. The van der Waals surface area contributed by atoms with Crippen molar-refractivity contribution >= 4 is 29.3 Å². The Morgan fingerprint density at radius 1 is 1.41 bits per heavy atom. The third-order valence-electron chi connectivity index (χ3n) is 2.91. The molecule has 8 heteroatoms. The molecule has 0 bridgehead atoms. The standard InChI is InChI=1S/C14H16ClN3O3S/c1-3-18-12(8-21-11-6-4-10(15)5-7-11)16-17-14(18)22-9(2)13(19)20/h4-7,9H,3,8H2,1-2H3,(H,19,20)/p-1/t9-/m1/s1. The van der Waals surface area contributed by atoms with Crippen molar-refractivity contribution in [3.05, 3.63) is 35.1 Å². The summed E-state index contributed by atoms with van der Waals surface area (Å²) in [5, 5.41) is 19.4. The van der Waals surface area contributed by atoms with E-state index in [1.165, 1.54) is 0 Å². The molecule has 1 aromatic heterocycles. The van der Waals surface area contributed by atoms with Crippen LogP contribution in [0.4, 0.5) is 0 Å². The van der Waals surface area contributed by atoms with Gasteiger partial charge in [-0.2, -0.15) is 0 Å². The summed E-state index contributed by atoms with van der Waals surface area (Å²) in [4.78, 5) is 10.8. The highest BCUT2D eigenvalue weighted by Crippen LogP contribution is 2.23. The van der Waals surface area contributed by atoms with E-state index in [4.69, 9.17) is 16.3 Å². The lowest BCUT2D eigenvalue weighted by Gasteiger charge is -2.13. The van der Waals surface area contributed by atoms with Crippen molar-refractivity contribution in [2.24, 2.45) is 0 Å². The normalized spacial score (nSPS) is 12.1. The predicted molar refractivity (Wildman–Crippen MR) is 81.8 cm³/mol. The summed E-state index contributed by atoms with van der Waals surface area (Å²) in [7, 11) is 0. The lowest BCUT2D eigenvalue weighted by atomic mass is 10.3. The maximum absolute atomic E-state index is 10.8. The van der Waals surface area contributed by atoms with Crippen LogP contribution < -0.4 is 9.84 Å². The molecule has 0 radical (unpaired) electrons. The van der Waals surface area contributed by atoms with E-state index < -0.39 is 11.2 Å². The fourth-order valence-electron chi connectivity index (χ4n) is 1.72. The maximum Gasteiger partial charge on any atom is 0.191 e. The van der Waals surface area contributed by atoms with E-state index >= 15 is 0 Å². The SMILES string of the molecule is CCn1c(COc2ccc(Cl)cc2)nnc1S[C@H](C)C(=O)[O-]. The first-order chi connectivity index (χ1) is 10.5. The third kappa shape index (κ3) is 4.14. The Balaban J connectivity index is 2.06. The number of carbonyl (C=O) groups is 1. The monoisotopic (exact) mass is 340 g/mol. The second-order valence-electron chi connectivity index (χ2n) is 4.46. The number of ether oxygens (including phenoxy) is 1. The molecule has 0 fully saturated rings. The van der Waals surface area contributed by atoms with E-state index in [-0.39, 0.29) is 6.61 Å². The van der Waals surface area contributed by atoms with Gasteiger partial charge in [-0.1, -0.05) is 23.4 Å². The molecule has 0 aliphatic heterocycles. The molecule has 0 aliphatic carbocycles. The zero-order valence-electron chi connectivity index (χ0n) is 12.2. The average Bonchev–Trinajstić information content (AvgIpc) is 2.88. The summed E-state index contributed by atoms with van der Waals surface area (Å²) in [6.45, 7) is 4.35. The summed E-state index contributed by atoms with van der Waals surface area (Å²) < 4.78 is 7.45. The van der Waals surface area contributed by atoms with Gasteiger partial charge < -0.3 is 19.2 Å². The lowest BCUT2D eigenvalue weighted by molar-refractivity contribution is -0.304. The smallest absolute Gasteiger partial charge is 0.191 e. The molecule has 0 unspecified atom stereocenters. The molecule has 0 spiro atoms. The fraction of sp³-hybridized carbons (Fsp3) is 0.357. The first-order valence-corrected chi connectivity index (χ1v) is 7.95. The molecule has 0 amide bonds. The molecule has 22 heavy (non-hydrogen) atoms. The molecule has 118 valence electrons. The van der Waals surface area contributed by atoms with E-state index in [2.05, 4.69) is 10.2 Å². The minimum Gasteiger partial charge on any atom is -0.549 e. The number of rotatable bonds is 7. The number of hydrogen-bond acceptors (Lipinski definition) is 6. The van der Waals surface area contributed by atoms with Gasteiger partial charge >= 0.3 is 0 Å². The third-order valence-corrected chi connectivity index (χ3v) is 4.22. The van der Waals surface area contributed by atoms with Crippen molar-refractivity contribution in [1.29, 1.82) is 0 Å². The van der Waals surface area contributed by atoms with Crippen molar-refractivity contribution in [3.63, 3.8) is 0 Å². The van der Waals surface area contributed by atoms with Crippen LogP contribution in [0.15, 0.2) is 29.4 Å². The minimum absolute atomic E-state index is 0.239. The molecule has 1 atom stereocenters. The van der Waals surface area contributed by atoms with Crippen LogP contribution in [-0.4, -0.2) is 26.0 Å². The first kappa shape index (κ1) is 16.6. The molecule has 0 saturated carbocycles. The number of thioether (sulfide) groups is 1. The molecular weight excluding hydrogens is 326 g/mol. The predicted octanol–water partition coefficient (Wildman–Crippen LogP) is 1.76. The molecule has 0 saturated heterocycles. The zero-order valence-corrected chi connectivity index (χ0v) is 13.7. The number of aliphatic carboxylic acids is 1. The van der Waals surface area contributed by atoms with Crippen LogP contribution in [0.5, 0.6) is 5.75 Å². The highest BCUT2D eigenvalue weighted by Gasteiger charge is 2.15. The van der Waals surface area contributed by atoms with Gasteiger partial charge in [0.15, 0.2) is 11.0 Å². The molecule has 1 aromatic carbocycles. The number of carboxylic acid groups (broad SMARTS) is 1. The minimum atomic E-state index is -1.13. The number of hydrogen-bond donors (Lipinski definition) is 0. The Hall–Kier alpha value is -1.73. The largest absolute Gasteiger partial charge is 0.549 e. The number of carboxylic acids is 1. The van der Waals surface area contributed by atoms with Crippen molar-refractivity contribution < 1.29 is 14.6 Å². The maximum atomic E-state index is 10.8. The van der Waals surface area contributed by atoms with Gasteiger partial charge in [0.2, 0.25) is 0 Å². The van der Waals surface area contributed by atoms with Crippen LogP contribution in [0.25, 0.3) is 0 Å². The van der Waals surface area contributed by atoms with E-state index in [1.807, 2.05) is 11.5 Å². The van der Waals surface area contributed by atoms with E-state index in [9.17, 15) is 9.90 Å².